The van der Waals surface area contributed by atoms with Crippen LogP contribution >= 0.6 is 0 Å². The van der Waals surface area contributed by atoms with Crippen LogP contribution in [0.25, 0.3) is 0 Å². The molecule has 1 amide bonds. The summed E-state index contributed by atoms with van der Waals surface area (Å²) in [6.45, 7) is 4.03. The Labute approximate surface area is 72.9 Å². The van der Waals surface area contributed by atoms with E-state index in [4.69, 9.17) is 0 Å². The van der Waals surface area contributed by atoms with E-state index < -0.39 is 0 Å². The molecule has 0 bridgehead atoms. The van der Waals surface area contributed by atoms with E-state index in [0.717, 1.165) is 25.7 Å². The van der Waals surface area contributed by atoms with E-state index in [1.165, 1.54) is 6.08 Å². The molecule has 0 aromatic heterocycles. The molecule has 0 aromatic carbocycles. The Balaban J connectivity index is 4.07. The van der Waals surface area contributed by atoms with Gasteiger partial charge >= 0.3 is 0 Å². The molecule has 0 radical (unpaired) electrons. The summed E-state index contributed by atoms with van der Waals surface area (Å²) in [4.78, 5) is 24.0. The largest absolute Gasteiger partial charge is 0.271 e. The van der Waals surface area contributed by atoms with Crippen molar-refractivity contribution < 1.29 is 9.59 Å². The fraction of sp³-hybridized carbons (Fsp3) is 0.778. The van der Waals surface area contributed by atoms with Crippen molar-refractivity contribution in [1.29, 1.82) is 0 Å². The lowest BCUT2D eigenvalue weighted by Gasteiger charge is -2.08. The smallest absolute Gasteiger partial charge is 0.259 e. The van der Waals surface area contributed by atoms with Crippen molar-refractivity contribution in [2.75, 3.05) is 0 Å². The summed E-state index contributed by atoms with van der Waals surface area (Å²) in [5, 5.41) is 0. The zero-order valence-electron chi connectivity index (χ0n) is 7.67. The Kier molecular flexibility index (Phi) is 6.21. The summed E-state index contributed by atoms with van der Waals surface area (Å²) in [6, 6.07) is 0. The number of carbonyl (C=O) groups excluding carboxylic acids is 2. The number of isocyanates is 1. The molecule has 0 rings (SSSR count). The highest BCUT2D eigenvalue weighted by molar-refractivity contribution is 5.83. The van der Waals surface area contributed by atoms with Crippen LogP contribution in [0.4, 0.5) is 0 Å². The monoisotopic (exact) mass is 169 g/mol. The van der Waals surface area contributed by atoms with E-state index in [1.54, 1.807) is 0 Å². The van der Waals surface area contributed by atoms with Crippen LogP contribution in [-0.2, 0) is 9.59 Å². The molecule has 0 aliphatic heterocycles. The van der Waals surface area contributed by atoms with Gasteiger partial charge in [-0.3, -0.25) is 4.79 Å². The molecule has 0 spiro atoms. The van der Waals surface area contributed by atoms with Crippen LogP contribution in [0.15, 0.2) is 4.99 Å². The summed E-state index contributed by atoms with van der Waals surface area (Å²) in [5.41, 5.74) is 0. The lowest BCUT2D eigenvalue weighted by molar-refractivity contribution is -0.121. The van der Waals surface area contributed by atoms with E-state index in [0.29, 0.717) is 0 Å². The van der Waals surface area contributed by atoms with Crippen LogP contribution in [0.2, 0.25) is 0 Å². The fourth-order valence-electron chi connectivity index (χ4n) is 1.22. The minimum atomic E-state index is -0.311. The highest BCUT2D eigenvalue weighted by Crippen LogP contribution is 2.14. The summed E-state index contributed by atoms with van der Waals surface area (Å²) < 4.78 is 0. The summed E-state index contributed by atoms with van der Waals surface area (Å²) in [5.74, 6) is -0.379. The standard InChI is InChI=1S/C9H15NO2/c1-3-5-8(6-4-2)9(12)10-7-11/h8H,3-6H2,1-2H3. The Morgan fingerprint density at radius 3 is 2.17 bits per heavy atom. The van der Waals surface area contributed by atoms with Gasteiger partial charge in [0.15, 0.2) is 0 Å². The lowest BCUT2D eigenvalue weighted by Crippen LogP contribution is -2.11. The van der Waals surface area contributed by atoms with E-state index in [-0.39, 0.29) is 11.8 Å². The number of carbonyl (C=O) groups is 1. The average Bonchev–Trinajstić information content (AvgIpc) is 2.04. The Morgan fingerprint density at radius 2 is 1.83 bits per heavy atom. The quantitative estimate of drug-likeness (QED) is 0.467. The van der Waals surface area contributed by atoms with Crippen molar-refractivity contribution >= 4 is 12.0 Å². The molecule has 68 valence electrons. The Morgan fingerprint density at radius 1 is 1.33 bits per heavy atom. The van der Waals surface area contributed by atoms with E-state index in [1.807, 2.05) is 13.8 Å². The Hall–Kier alpha value is -0.950. The van der Waals surface area contributed by atoms with Crippen molar-refractivity contribution in [1.82, 2.24) is 0 Å². The second kappa shape index (κ2) is 6.74. The second-order valence-corrected chi connectivity index (χ2v) is 2.82. The number of nitrogens with zero attached hydrogens (tertiary/aromatic N) is 1. The molecule has 0 saturated carbocycles. The van der Waals surface area contributed by atoms with Gasteiger partial charge in [-0.05, 0) is 12.8 Å². The molecule has 0 atom stereocenters. The van der Waals surface area contributed by atoms with Crippen molar-refractivity contribution in [2.24, 2.45) is 10.9 Å². The average molecular weight is 169 g/mol. The zero-order valence-corrected chi connectivity index (χ0v) is 7.67. The first kappa shape index (κ1) is 11.1. The van der Waals surface area contributed by atoms with Gasteiger partial charge in [0.05, 0.1) is 0 Å². The summed E-state index contributed by atoms with van der Waals surface area (Å²) >= 11 is 0. The van der Waals surface area contributed by atoms with Crippen molar-refractivity contribution in [3.63, 3.8) is 0 Å². The molecule has 0 unspecified atom stereocenters. The van der Waals surface area contributed by atoms with Gasteiger partial charge in [-0.25, -0.2) is 4.79 Å². The minimum absolute atomic E-state index is 0.0681. The molecular formula is C9H15NO2. The SMILES string of the molecule is CCCC(CCC)C(=O)N=C=O. The van der Waals surface area contributed by atoms with Crippen LogP contribution in [0.3, 0.4) is 0 Å². The third-order valence-corrected chi connectivity index (χ3v) is 1.78. The number of hydrogen-bond donors (Lipinski definition) is 0. The molecule has 0 aromatic rings. The maximum atomic E-state index is 11.1. The van der Waals surface area contributed by atoms with Crippen LogP contribution in [0.1, 0.15) is 39.5 Å². The molecule has 0 N–H and O–H groups in total. The van der Waals surface area contributed by atoms with Crippen molar-refractivity contribution in [3.05, 3.63) is 0 Å². The molecular weight excluding hydrogens is 154 g/mol. The van der Waals surface area contributed by atoms with Crippen molar-refractivity contribution in [2.45, 2.75) is 39.5 Å². The normalized spacial score (nSPS) is 9.58. The molecule has 0 saturated heterocycles. The van der Waals surface area contributed by atoms with Crippen molar-refractivity contribution in [3.8, 4) is 0 Å². The van der Waals surface area contributed by atoms with Crippen LogP contribution in [0, 0.1) is 5.92 Å². The number of rotatable bonds is 5. The third-order valence-electron chi connectivity index (χ3n) is 1.78. The number of amides is 1. The predicted molar refractivity (Wildman–Crippen MR) is 46.4 cm³/mol. The second-order valence-electron chi connectivity index (χ2n) is 2.82. The highest BCUT2D eigenvalue weighted by Gasteiger charge is 2.15. The number of aliphatic imine (C=N–C) groups is 1. The zero-order chi connectivity index (χ0) is 9.40. The van der Waals surface area contributed by atoms with Gasteiger partial charge in [0, 0.05) is 5.92 Å². The summed E-state index contributed by atoms with van der Waals surface area (Å²) in [7, 11) is 0. The first-order chi connectivity index (χ1) is 5.76. The van der Waals surface area contributed by atoms with Crippen LogP contribution in [-0.4, -0.2) is 12.0 Å². The van der Waals surface area contributed by atoms with E-state index >= 15 is 0 Å². The van der Waals surface area contributed by atoms with Gasteiger partial charge in [-0.2, -0.15) is 0 Å². The predicted octanol–water partition coefficient (Wildman–Crippen LogP) is 2.07. The molecule has 0 aliphatic rings. The fourth-order valence-corrected chi connectivity index (χ4v) is 1.22. The molecule has 3 heteroatoms. The van der Waals surface area contributed by atoms with Gasteiger partial charge in [0.1, 0.15) is 0 Å². The maximum absolute atomic E-state index is 11.1. The van der Waals surface area contributed by atoms with Gasteiger partial charge < -0.3 is 0 Å². The molecule has 3 nitrogen and oxygen atoms in total. The highest BCUT2D eigenvalue weighted by atomic mass is 16.2. The summed E-state index contributed by atoms with van der Waals surface area (Å²) in [6.07, 6.45) is 4.82. The lowest BCUT2D eigenvalue weighted by atomic mass is 9.98. The number of hydrogen-bond acceptors (Lipinski definition) is 2. The molecule has 0 fully saturated rings. The first-order valence-electron chi connectivity index (χ1n) is 4.37. The molecule has 0 aliphatic carbocycles. The first-order valence-corrected chi connectivity index (χ1v) is 4.37. The van der Waals surface area contributed by atoms with Gasteiger partial charge in [0.2, 0.25) is 6.08 Å². The van der Waals surface area contributed by atoms with E-state index in [9.17, 15) is 9.59 Å². The maximum Gasteiger partial charge on any atom is 0.259 e. The third kappa shape index (κ3) is 4.04. The van der Waals surface area contributed by atoms with E-state index in [2.05, 4.69) is 4.99 Å². The Bertz CT molecular complexity index is 177. The van der Waals surface area contributed by atoms with Gasteiger partial charge in [-0.15, -0.1) is 4.99 Å². The minimum Gasteiger partial charge on any atom is -0.271 e. The van der Waals surface area contributed by atoms with Crippen LogP contribution in [0.5, 0.6) is 0 Å². The van der Waals surface area contributed by atoms with Crippen LogP contribution < -0.4 is 0 Å². The van der Waals surface area contributed by atoms with Gasteiger partial charge in [0.25, 0.3) is 5.91 Å². The topological polar surface area (TPSA) is 46.5 Å². The van der Waals surface area contributed by atoms with Gasteiger partial charge in [-0.1, -0.05) is 26.7 Å². The molecule has 0 heterocycles. The molecule has 12 heavy (non-hydrogen) atoms.